The average Bonchev–Trinajstić information content (AvgIpc) is 3.77. The van der Waals surface area contributed by atoms with E-state index in [-0.39, 0.29) is 10.8 Å². The van der Waals surface area contributed by atoms with Gasteiger partial charge in [-0.2, -0.15) is 0 Å². The van der Waals surface area contributed by atoms with Crippen LogP contribution < -0.4 is 9.80 Å². The summed E-state index contributed by atoms with van der Waals surface area (Å²) in [7, 11) is 0. The topological polar surface area (TPSA) is 6.48 Å². The molecule has 0 radical (unpaired) electrons. The molecule has 3 aliphatic rings. The lowest BCUT2D eigenvalue weighted by Gasteiger charge is -2.46. The van der Waals surface area contributed by atoms with Gasteiger partial charge in [0.25, 0.3) is 0 Å². The summed E-state index contributed by atoms with van der Waals surface area (Å²) in [6, 6.07) is 90.6. The van der Waals surface area contributed by atoms with Crippen LogP contribution in [0, 0.1) is 0 Å². The van der Waals surface area contributed by atoms with E-state index < -0.39 is 5.41 Å². The Kier molecular flexibility index (Phi) is 9.17. The van der Waals surface area contributed by atoms with E-state index in [4.69, 9.17) is 0 Å². The van der Waals surface area contributed by atoms with Gasteiger partial charge in [0.05, 0.1) is 22.5 Å². The quantitative estimate of drug-likeness (QED) is 0.157. The van der Waals surface area contributed by atoms with Crippen LogP contribution in [0.1, 0.15) is 72.2 Å². The second-order valence-corrected chi connectivity index (χ2v) is 20.1. The first kappa shape index (κ1) is 41.0. The summed E-state index contributed by atoms with van der Waals surface area (Å²) < 4.78 is 0. The Labute approximate surface area is 406 Å². The molecule has 330 valence electrons. The molecule has 0 atom stereocenters. The van der Waals surface area contributed by atoms with Crippen molar-refractivity contribution in [1.82, 2.24) is 0 Å². The normalized spacial score (nSPS) is 15.0. The maximum atomic E-state index is 2.52. The van der Waals surface area contributed by atoms with Gasteiger partial charge in [-0.1, -0.05) is 216 Å². The highest BCUT2D eigenvalue weighted by molar-refractivity contribution is 5.96. The summed E-state index contributed by atoms with van der Waals surface area (Å²) in [5, 5.41) is 0. The van der Waals surface area contributed by atoms with Gasteiger partial charge in [-0.3, -0.25) is 0 Å². The fourth-order valence-electron chi connectivity index (χ4n) is 12.5. The second-order valence-electron chi connectivity index (χ2n) is 20.1. The van der Waals surface area contributed by atoms with Crippen LogP contribution in [0.25, 0.3) is 33.4 Å². The van der Waals surface area contributed by atoms with Gasteiger partial charge in [-0.25, -0.2) is 0 Å². The zero-order valence-corrected chi connectivity index (χ0v) is 39.5. The molecule has 1 aliphatic heterocycles. The van der Waals surface area contributed by atoms with Crippen molar-refractivity contribution in [3.8, 4) is 33.4 Å². The van der Waals surface area contributed by atoms with Crippen LogP contribution in [-0.2, 0) is 16.2 Å². The lowest BCUT2D eigenvalue weighted by molar-refractivity contribution is 0.660. The molecular weight excluding hydrogens is 833 g/mol. The maximum absolute atomic E-state index is 2.52. The molecule has 0 fully saturated rings. The Morgan fingerprint density at radius 3 is 1.32 bits per heavy atom. The van der Waals surface area contributed by atoms with Crippen LogP contribution in [0.3, 0.4) is 0 Å². The molecule has 0 N–H and O–H groups in total. The first-order chi connectivity index (χ1) is 33.8. The van der Waals surface area contributed by atoms with Crippen molar-refractivity contribution in [1.29, 1.82) is 0 Å². The Morgan fingerprint density at radius 2 is 0.754 bits per heavy atom. The number of para-hydroxylation sites is 3. The predicted molar refractivity (Wildman–Crippen MR) is 288 cm³/mol. The van der Waals surface area contributed by atoms with Crippen LogP contribution in [0.15, 0.2) is 243 Å². The monoisotopic (exact) mass is 884 g/mol. The third-order valence-electron chi connectivity index (χ3n) is 15.7. The highest BCUT2D eigenvalue weighted by Gasteiger charge is 2.47. The standard InChI is InChI=1S/C67H52N2/c1-65(2)56-31-17-14-29-52(56)54-39-37-49(43-60(54)65)68(50-38-40-55-53-30-15-18-32-57(53)66(3,4)61(55)44-50)62-34-20-16-28-51(62)45-36-41-59-64(42-45)69(48-26-12-7-13-27-48)63-35-21-19-33-58(63)67(59,46-22-8-5-9-23-46)47-24-10-6-11-25-47/h5-44H,1-4H3. The number of hydrogen-bond acceptors (Lipinski definition) is 2. The van der Waals surface area contributed by atoms with Gasteiger partial charge in [0.1, 0.15) is 0 Å². The van der Waals surface area contributed by atoms with Crippen LogP contribution in [0.4, 0.5) is 34.1 Å². The van der Waals surface area contributed by atoms with E-state index in [1.807, 2.05) is 0 Å². The summed E-state index contributed by atoms with van der Waals surface area (Å²) in [5.41, 5.74) is 23.9. The SMILES string of the molecule is CC1(C)c2ccccc2-c2ccc(N(c3ccc4c(c3)C(C)(C)c3ccccc3-4)c3ccccc3-c3ccc4c(c3)N(c3ccccc3)c3ccccc3C4(c3ccccc3)c3ccccc3)cc21. The molecule has 69 heavy (non-hydrogen) atoms. The zero-order valence-electron chi connectivity index (χ0n) is 39.5. The first-order valence-electron chi connectivity index (χ1n) is 24.3. The van der Waals surface area contributed by atoms with Gasteiger partial charge in [0.2, 0.25) is 0 Å². The summed E-state index contributed by atoms with van der Waals surface area (Å²) in [6.07, 6.45) is 0. The van der Waals surface area contributed by atoms with Gasteiger partial charge < -0.3 is 9.80 Å². The average molecular weight is 885 g/mol. The third-order valence-corrected chi connectivity index (χ3v) is 15.7. The molecule has 0 aromatic heterocycles. The van der Waals surface area contributed by atoms with E-state index in [2.05, 4.69) is 280 Å². The first-order valence-corrected chi connectivity index (χ1v) is 24.3. The maximum Gasteiger partial charge on any atom is 0.0742 e. The molecule has 0 bridgehead atoms. The summed E-state index contributed by atoms with van der Waals surface area (Å²) >= 11 is 0. The number of hydrogen-bond donors (Lipinski definition) is 0. The minimum atomic E-state index is -0.590. The highest BCUT2D eigenvalue weighted by atomic mass is 15.2. The molecule has 2 nitrogen and oxygen atoms in total. The summed E-state index contributed by atoms with van der Waals surface area (Å²) in [6.45, 7) is 9.51. The van der Waals surface area contributed by atoms with Gasteiger partial charge in [-0.15, -0.1) is 0 Å². The van der Waals surface area contributed by atoms with Crippen LogP contribution in [-0.4, -0.2) is 0 Å². The van der Waals surface area contributed by atoms with Crippen molar-refractivity contribution in [2.75, 3.05) is 9.80 Å². The molecule has 10 aromatic rings. The summed E-state index contributed by atoms with van der Waals surface area (Å²) in [5.74, 6) is 0. The van der Waals surface area contributed by atoms with Crippen molar-refractivity contribution in [3.05, 3.63) is 287 Å². The molecule has 1 heterocycles. The van der Waals surface area contributed by atoms with Crippen LogP contribution >= 0.6 is 0 Å². The molecule has 10 aromatic carbocycles. The van der Waals surface area contributed by atoms with E-state index in [1.54, 1.807) is 0 Å². The lowest BCUT2D eigenvalue weighted by Crippen LogP contribution is -2.37. The largest absolute Gasteiger partial charge is 0.310 e. The van der Waals surface area contributed by atoms with E-state index in [0.717, 1.165) is 39.6 Å². The number of fused-ring (bicyclic) bond motifs is 8. The fourth-order valence-corrected chi connectivity index (χ4v) is 12.5. The Balaban J connectivity index is 1.06. The molecular formula is C67H52N2. The van der Waals surface area contributed by atoms with E-state index >= 15 is 0 Å². The molecule has 2 aliphatic carbocycles. The Hall–Kier alpha value is -8.20. The highest BCUT2D eigenvalue weighted by Crippen LogP contribution is 2.59. The van der Waals surface area contributed by atoms with Crippen LogP contribution in [0.5, 0.6) is 0 Å². The van der Waals surface area contributed by atoms with Crippen molar-refractivity contribution >= 4 is 34.1 Å². The second kappa shape index (κ2) is 15.4. The van der Waals surface area contributed by atoms with Gasteiger partial charge in [0.15, 0.2) is 0 Å². The summed E-state index contributed by atoms with van der Waals surface area (Å²) in [4.78, 5) is 5.01. The fraction of sp³-hybridized carbons (Fsp3) is 0.104. The van der Waals surface area contributed by atoms with Gasteiger partial charge in [-0.05, 0) is 127 Å². The van der Waals surface area contributed by atoms with Crippen molar-refractivity contribution in [2.45, 2.75) is 43.9 Å². The van der Waals surface area contributed by atoms with Crippen molar-refractivity contribution in [3.63, 3.8) is 0 Å². The molecule has 0 unspecified atom stereocenters. The van der Waals surface area contributed by atoms with Crippen LogP contribution in [0.2, 0.25) is 0 Å². The molecule has 0 amide bonds. The molecule has 13 rings (SSSR count). The number of benzene rings is 10. The predicted octanol–water partition coefficient (Wildman–Crippen LogP) is 17.6. The van der Waals surface area contributed by atoms with Gasteiger partial charge >= 0.3 is 0 Å². The third kappa shape index (κ3) is 5.98. The Bertz CT molecular complexity index is 3480. The number of anilines is 6. The molecule has 0 saturated heterocycles. The minimum Gasteiger partial charge on any atom is -0.310 e. The lowest BCUT2D eigenvalue weighted by atomic mass is 9.62. The minimum absolute atomic E-state index is 0.158. The number of nitrogens with zero attached hydrogens (tertiary/aromatic N) is 2. The van der Waals surface area contributed by atoms with Gasteiger partial charge in [0, 0.05) is 33.5 Å². The van der Waals surface area contributed by atoms with E-state index in [1.165, 1.54) is 72.4 Å². The molecule has 0 saturated carbocycles. The number of rotatable bonds is 7. The van der Waals surface area contributed by atoms with E-state index in [9.17, 15) is 0 Å². The van der Waals surface area contributed by atoms with Crippen molar-refractivity contribution in [2.24, 2.45) is 0 Å². The van der Waals surface area contributed by atoms with Crippen molar-refractivity contribution < 1.29 is 0 Å². The van der Waals surface area contributed by atoms with E-state index in [0.29, 0.717) is 0 Å². The molecule has 0 spiro atoms. The smallest absolute Gasteiger partial charge is 0.0742 e. The Morgan fingerprint density at radius 1 is 0.319 bits per heavy atom. The zero-order chi connectivity index (χ0) is 46.5. The molecule has 2 heteroatoms.